The van der Waals surface area contributed by atoms with Gasteiger partial charge in [0.2, 0.25) is 0 Å². The van der Waals surface area contributed by atoms with Crippen LogP contribution in [0.1, 0.15) is 32.3 Å². The Kier molecular flexibility index (Phi) is 6.39. The summed E-state index contributed by atoms with van der Waals surface area (Å²) in [5, 5.41) is 0. The second-order valence-corrected chi connectivity index (χ2v) is 4.10. The molecule has 0 aromatic heterocycles. The van der Waals surface area contributed by atoms with Crippen molar-refractivity contribution in [2.75, 3.05) is 13.2 Å². The topological polar surface area (TPSA) is 78.9 Å². The molecule has 0 saturated heterocycles. The quantitative estimate of drug-likeness (QED) is 0.452. The van der Waals surface area contributed by atoms with E-state index in [0.717, 1.165) is 0 Å². The van der Waals surface area contributed by atoms with Crippen molar-refractivity contribution in [1.29, 1.82) is 0 Å². The molecule has 0 spiro atoms. The standard InChI is InChI=1S/C15H18O6/c1-4-19-14(17)13(15(18)20-5-2)11-6-8-12(9-7-11)21-10(3)16/h6-9,13H,4-5H2,1-3H3. The first kappa shape index (κ1) is 16.7. The smallest absolute Gasteiger partial charge is 0.324 e. The summed E-state index contributed by atoms with van der Waals surface area (Å²) in [5.74, 6) is -2.60. The SMILES string of the molecule is CCOC(=O)C(C(=O)OCC)c1ccc(OC(C)=O)cc1. The van der Waals surface area contributed by atoms with Gasteiger partial charge in [0, 0.05) is 6.92 Å². The van der Waals surface area contributed by atoms with E-state index in [1.54, 1.807) is 13.8 Å². The Hall–Kier alpha value is -2.37. The number of rotatable bonds is 6. The predicted molar refractivity (Wildman–Crippen MR) is 73.8 cm³/mol. The number of benzene rings is 1. The van der Waals surface area contributed by atoms with Crippen LogP contribution in [0.3, 0.4) is 0 Å². The highest BCUT2D eigenvalue weighted by Gasteiger charge is 2.31. The molecule has 1 aromatic carbocycles. The summed E-state index contributed by atoms with van der Waals surface area (Å²) in [7, 11) is 0. The van der Waals surface area contributed by atoms with Crippen molar-refractivity contribution >= 4 is 17.9 Å². The minimum Gasteiger partial charge on any atom is -0.465 e. The van der Waals surface area contributed by atoms with Gasteiger partial charge in [0.1, 0.15) is 5.75 Å². The zero-order chi connectivity index (χ0) is 15.8. The van der Waals surface area contributed by atoms with E-state index in [0.29, 0.717) is 11.3 Å². The fourth-order valence-corrected chi connectivity index (χ4v) is 1.71. The van der Waals surface area contributed by atoms with Crippen LogP contribution >= 0.6 is 0 Å². The van der Waals surface area contributed by atoms with Crippen molar-refractivity contribution in [2.24, 2.45) is 0 Å². The van der Waals surface area contributed by atoms with Gasteiger partial charge < -0.3 is 14.2 Å². The third-order valence-corrected chi connectivity index (χ3v) is 2.52. The summed E-state index contributed by atoms with van der Waals surface area (Å²) < 4.78 is 14.7. The van der Waals surface area contributed by atoms with Gasteiger partial charge in [-0.3, -0.25) is 14.4 Å². The molecule has 0 atom stereocenters. The summed E-state index contributed by atoms with van der Waals surface area (Å²) in [5.41, 5.74) is 0.419. The van der Waals surface area contributed by atoms with Crippen LogP contribution in [0.15, 0.2) is 24.3 Å². The molecule has 0 aliphatic heterocycles. The average molecular weight is 294 g/mol. The molecule has 0 unspecified atom stereocenters. The minimum absolute atomic E-state index is 0.167. The maximum atomic E-state index is 11.9. The van der Waals surface area contributed by atoms with Crippen LogP contribution in [0.25, 0.3) is 0 Å². The van der Waals surface area contributed by atoms with E-state index in [9.17, 15) is 14.4 Å². The van der Waals surface area contributed by atoms with Crippen molar-refractivity contribution in [3.05, 3.63) is 29.8 Å². The van der Waals surface area contributed by atoms with Gasteiger partial charge in [-0.15, -0.1) is 0 Å². The van der Waals surface area contributed by atoms with E-state index < -0.39 is 23.8 Å². The van der Waals surface area contributed by atoms with Crippen molar-refractivity contribution in [1.82, 2.24) is 0 Å². The Morgan fingerprint density at radius 1 is 0.952 bits per heavy atom. The second-order valence-electron chi connectivity index (χ2n) is 4.10. The largest absolute Gasteiger partial charge is 0.465 e. The molecule has 0 radical (unpaired) electrons. The van der Waals surface area contributed by atoms with Gasteiger partial charge in [-0.25, -0.2) is 0 Å². The number of carbonyl (C=O) groups excluding carboxylic acids is 3. The second kappa shape index (κ2) is 8.04. The zero-order valence-electron chi connectivity index (χ0n) is 12.3. The van der Waals surface area contributed by atoms with Crippen LogP contribution in [0, 0.1) is 0 Å². The molecule has 6 heteroatoms. The average Bonchev–Trinajstić information content (AvgIpc) is 2.41. The molecule has 6 nitrogen and oxygen atoms in total. The van der Waals surface area contributed by atoms with E-state index in [2.05, 4.69) is 0 Å². The molecule has 114 valence electrons. The fourth-order valence-electron chi connectivity index (χ4n) is 1.71. The molecule has 0 saturated carbocycles. The molecular weight excluding hydrogens is 276 g/mol. The predicted octanol–water partition coefficient (Wildman–Crippen LogP) is 1.82. The summed E-state index contributed by atoms with van der Waals surface area (Å²) in [4.78, 5) is 34.7. The molecule has 0 fully saturated rings. The third kappa shape index (κ3) is 4.91. The molecule has 21 heavy (non-hydrogen) atoms. The third-order valence-electron chi connectivity index (χ3n) is 2.52. The monoisotopic (exact) mass is 294 g/mol. The van der Waals surface area contributed by atoms with E-state index in [1.165, 1.54) is 31.2 Å². The first-order valence-corrected chi connectivity index (χ1v) is 6.61. The van der Waals surface area contributed by atoms with E-state index in [1.807, 2.05) is 0 Å². The van der Waals surface area contributed by atoms with Crippen molar-refractivity contribution in [2.45, 2.75) is 26.7 Å². The number of hydrogen-bond donors (Lipinski definition) is 0. The summed E-state index contributed by atoms with van der Waals surface area (Å²) in [6.45, 7) is 4.93. The molecule has 0 amide bonds. The number of ether oxygens (including phenoxy) is 3. The van der Waals surface area contributed by atoms with Crippen LogP contribution in [0.2, 0.25) is 0 Å². The Balaban J connectivity index is 2.99. The van der Waals surface area contributed by atoms with Crippen LogP contribution in [0.4, 0.5) is 0 Å². The molecule has 1 rings (SSSR count). The zero-order valence-corrected chi connectivity index (χ0v) is 12.3. The lowest BCUT2D eigenvalue weighted by Crippen LogP contribution is -2.26. The van der Waals surface area contributed by atoms with Gasteiger partial charge >= 0.3 is 17.9 Å². The lowest BCUT2D eigenvalue weighted by molar-refractivity contribution is -0.157. The molecule has 0 aliphatic rings. The maximum absolute atomic E-state index is 11.9. The maximum Gasteiger partial charge on any atom is 0.324 e. The van der Waals surface area contributed by atoms with Crippen molar-refractivity contribution in [3.63, 3.8) is 0 Å². The number of hydrogen-bond acceptors (Lipinski definition) is 6. The van der Waals surface area contributed by atoms with Crippen molar-refractivity contribution < 1.29 is 28.6 Å². The Bertz CT molecular complexity index is 487. The molecule has 1 aromatic rings. The van der Waals surface area contributed by atoms with Gasteiger partial charge in [0.25, 0.3) is 0 Å². The lowest BCUT2D eigenvalue weighted by Gasteiger charge is -2.15. The molecule has 0 heterocycles. The first-order valence-electron chi connectivity index (χ1n) is 6.61. The number of esters is 3. The number of carbonyl (C=O) groups is 3. The van der Waals surface area contributed by atoms with Gasteiger partial charge in [-0.1, -0.05) is 12.1 Å². The minimum atomic E-state index is -1.14. The first-order chi connectivity index (χ1) is 9.99. The van der Waals surface area contributed by atoms with Gasteiger partial charge in [0.05, 0.1) is 13.2 Å². The highest BCUT2D eigenvalue weighted by Crippen LogP contribution is 2.22. The van der Waals surface area contributed by atoms with Crippen LogP contribution in [0.5, 0.6) is 5.75 Å². The fraction of sp³-hybridized carbons (Fsp3) is 0.400. The highest BCUT2D eigenvalue weighted by molar-refractivity contribution is 6.00. The van der Waals surface area contributed by atoms with Crippen LogP contribution in [-0.2, 0) is 23.9 Å². The highest BCUT2D eigenvalue weighted by atomic mass is 16.6. The summed E-state index contributed by atoms with van der Waals surface area (Å²) >= 11 is 0. The normalized spacial score (nSPS) is 10.1. The van der Waals surface area contributed by atoms with Gasteiger partial charge in [-0.2, -0.15) is 0 Å². The Morgan fingerprint density at radius 3 is 1.81 bits per heavy atom. The summed E-state index contributed by atoms with van der Waals surface area (Å²) in [6, 6.07) is 6.05. The Morgan fingerprint density at radius 2 is 1.43 bits per heavy atom. The van der Waals surface area contributed by atoms with Crippen LogP contribution < -0.4 is 4.74 Å². The Labute approximate surface area is 123 Å². The summed E-state index contributed by atoms with van der Waals surface area (Å²) in [6.07, 6.45) is 0. The molecule has 0 N–H and O–H groups in total. The molecular formula is C15H18O6. The lowest BCUT2D eigenvalue weighted by atomic mass is 9.99. The van der Waals surface area contributed by atoms with E-state index >= 15 is 0 Å². The van der Waals surface area contributed by atoms with E-state index in [-0.39, 0.29) is 13.2 Å². The molecule has 0 aliphatic carbocycles. The van der Waals surface area contributed by atoms with E-state index in [4.69, 9.17) is 14.2 Å². The molecule has 0 bridgehead atoms. The van der Waals surface area contributed by atoms with Gasteiger partial charge in [-0.05, 0) is 31.5 Å². The van der Waals surface area contributed by atoms with Crippen molar-refractivity contribution in [3.8, 4) is 5.75 Å². The van der Waals surface area contributed by atoms with Crippen LogP contribution in [-0.4, -0.2) is 31.1 Å². The van der Waals surface area contributed by atoms with Gasteiger partial charge in [0.15, 0.2) is 5.92 Å².